The Balaban J connectivity index is 1.78. The van der Waals surface area contributed by atoms with E-state index in [0.29, 0.717) is 23.2 Å². The Morgan fingerprint density at radius 2 is 1.56 bits per heavy atom. The number of thiocarbonyl (C=S) groups is 1. The highest BCUT2D eigenvalue weighted by Crippen LogP contribution is 2.16. The molecular formula is C19H17ClN4S. The lowest BCUT2D eigenvalue weighted by atomic mass is 10.3. The molecule has 0 bridgehead atoms. The average Bonchev–Trinajstić information content (AvgIpc) is 2.63. The lowest BCUT2D eigenvalue weighted by molar-refractivity contribution is 0.402. The maximum Gasteiger partial charge on any atom is 0.174 e. The molecule has 0 saturated carbocycles. The highest BCUT2D eigenvalue weighted by Gasteiger charge is 2.13. The normalized spacial score (nSPS) is 10.3. The van der Waals surface area contributed by atoms with Gasteiger partial charge in [0.2, 0.25) is 0 Å². The van der Waals surface area contributed by atoms with E-state index in [9.17, 15) is 0 Å². The van der Waals surface area contributed by atoms with Crippen LogP contribution < -0.4 is 5.32 Å². The Morgan fingerprint density at radius 3 is 2.08 bits per heavy atom. The van der Waals surface area contributed by atoms with E-state index in [1.807, 2.05) is 65.6 Å². The monoisotopic (exact) mass is 368 g/mol. The third-order valence-electron chi connectivity index (χ3n) is 3.52. The van der Waals surface area contributed by atoms with Crippen molar-refractivity contribution < 1.29 is 0 Å². The summed E-state index contributed by atoms with van der Waals surface area (Å²) >= 11 is 11.7. The van der Waals surface area contributed by atoms with Gasteiger partial charge in [-0.05, 0) is 54.7 Å². The van der Waals surface area contributed by atoms with E-state index in [4.69, 9.17) is 23.8 Å². The first-order valence-electron chi connectivity index (χ1n) is 7.82. The molecule has 0 fully saturated rings. The smallest absolute Gasteiger partial charge is 0.174 e. The van der Waals surface area contributed by atoms with Crippen LogP contribution in [0.1, 0.15) is 11.4 Å². The molecule has 0 saturated heterocycles. The largest absolute Gasteiger partial charge is 0.337 e. The summed E-state index contributed by atoms with van der Waals surface area (Å²) in [6.45, 7) is 1.17. The lowest BCUT2D eigenvalue weighted by Gasteiger charge is -2.25. The van der Waals surface area contributed by atoms with Crippen LogP contribution in [0.4, 0.5) is 5.69 Å². The maximum atomic E-state index is 6.05. The van der Waals surface area contributed by atoms with Crippen LogP contribution in [0, 0.1) is 0 Å². The zero-order chi connectivity index (χ0) is 17.5. The molecule has 3 aromatic rings. The highest BCUT2D eigenvalue weighted by molar-refractivity contribution is 7.80. The van der Waals surface area contributed by atoms with Crippen LogP contribution in [0.3, 0.4) is 0 Å². The van der Waals surface area contributed by atoms with Crippen molar-refractivity contribution in [2.75, 3.05) is 5.32 Å². The van der Waals surface area contributed by atoms with E-state index in [1.165, 1.54) is 0 Å². The highest BCUT2D eigenvalue weighted by atomic mass is 35.5. The molecule has 0 amide bonds. The predicted octanol–water partition coefficient (Wildman–Crippen LogP) is 4.53. The van der Waals surface area contributed by atoms with E-state index in [2.05, 4.69) is 15.3 Å². The van der Waals surface area contributed by atoms with Gasteiger partial charge in [0, 0.05) is 23.1 Å². The molecule has 2 aromatic heterocycles. The minimum Gasteiger partial charge on any atom is -0.337 e. The minimum atomic E-state index is 0.587. The Morgan fingerprint density at radius 1 is 0.920 bits per heavy atom. The maximum absolute atomic E-state index is 6.05. The molecule has 0 unspecified atom stereocenters. The van der Waals surface area contributed by atoms with Crippen LogP contribution >= 0.6 is 23.8 Å². The molecular weight excluding hydrogens is 352 g/mol. The topological polar surface area (TPSA) is 41.0 Å². The van der Waals surface area contributed by atoms with Crippen molar-refractivity contribution in [1.82, 2.24) is 14.9 Å². The van der Waals surface area contributed by atoms with Gasteiger partial charge in [-0.25, -0.2) is 0 Å². The second kappa shape index (κ2) is 8.55. The van der Waals surface area contributed by atoms with Crippen LogP contribution in [0.15, 0.2) is 73.1 Å². The first-order valence-corrected chi connectivity index (χ1v) is 8.60. The fraction of sp³-hybridized carbons (Fsp3) is 0.105. The van der Waals surface area contributed by atoms with Crippen molar-refractivity contribution in [3.63, 3.8) is 0 Å². The van der Waals surface area contributed by atoms with Gasteiger partial charge in [-0.15, -0.1) is 0 Å². The standard InChI is InChI=1S/C19H17ClN4S/c20-15-6-5-9-16(12-15)23-19(25)24(13-17-7-1-3-10-21-17)14-18-8-2-4-11-22-18/h1-12H,13-14H2,(H,23,25). The molecule has 1 aromatic carbocycles. The van der Waals surface area contributed by atoms with Crippen molar-refractivity contribution in [2.24, 2.45) is 0 Å². The lowest BCUT2D eigenvalue weighted by Crippen LogP contribution is -2.34. The molecule has 3 rings (SSSR count). The number of nitrogens with zero attached hydrogens (tertiary/aromatic N) is 3. The molecule has 126 valence electrons. The van der Waals surface area contributed by atoms with Crippen molar-refractivity contribution in [2.45, 2.75) is 13.1 Å². The number of halogens is 1. The van der Waals surface area contributed by atoms with E-state index in [1.54, 1.807) is 12.4 Å². The van der Waals surface area contributed by atoms with Gasteiger partial charge in [0.05, 0.1) is 24.5 Å². The van der Waals surface area contributed by atoms with Gasteiger partial charge >= 0.3 is 0 Å². The van der Waals surface area contributed by atoms with Gasteiger partial charge in [-0.3, -0.25) is 9.97 Å². The molecule has 1 N–H and O–H groups in total. The molecule has 0 aliphatic carbocycles. The molecule has 0 atom stereocenters. The molecule has 4 nitrogen and oxygen atoms in total. The fourth-order valence-electron chi connectivity index (χ4n) is 2.34. The Bertz CT molecular complexity index is 786. The number of rotatable bonds is 5. The van der Waals surface area contributed by atoms with E-state index >= 15 is 0 Å². The average molecular weight is 369 g/mol. The molecule has 0 aliphatic heterocycles. The summed E-state index contributed by atoms with van der Waals surface area (Å²) in [7, 11) is 0. The first-order chi connectivity index (χ1) is 12.2. The number of aromatic nitrogens is 2. The third kappa shape index (κ3) is 5.24. The van der Waals surface area contributed by atoms with Crippen molar-refractivity contribution in [3.8, 4) is 0 Å². The van der Waals surface area contributed by atoms with Gasteiger partial charge in [0.15, 0.2) is 5.11 Å². The van der Waals surface area contributed by atoms with Crippen LogP contribution in [-0.2, 0) is 13.1 Å². The van der Waals surface area contributed by atoms with E-state index < -0.39 is 0 Å². The van der Waals surface area contributed by atoms with Crippen molar-refractivity contribution in [3.05, 3.63) is 89.5 Å². The quantitative estimate of drug-likeness (QED) is 0.670. The minimum absolute atomic E-state index is 0.587. The van der Waals surface area contributed by atoms with Crippen LogP contribution in [0.2, 0.25) is 5.02 Å². The zero-order valence-corrected chi connectivity index (χ0v) is 15.0. The molecule has 2 heterocycles. The Labute approximate surface area is 157 Å². The first kappa shape index (κ1) is 17.3. The molecule has 0 aliphatic rings. The van der Waals surface area contributed by atoms with Crippen molar-refractivity contribution in [1.29, 1.82) is 0 Å². The number of hydrogen-bond acceptors (Lipinski definition) is 3. The second-order valence-electron chi connectivity index (χ2n) is 5.44. The van der Waals surface area contributed by atoms with Crippen LogP contribution in [0.5, 0.6) is 0 Å². The number of pyridine rings is 2. The van der Waals surface area contributed by atoms with E-state index in [0.717, 1.165) is 17.1 Å². The van der Waals surface area contributed by atoms with Gasteiger partial charge < -0.3 is 10.2 Å². The summed E-state index contributed by atoms with van der Waals surface area (Å²) in [6.07, 6.45) is 3.56. The summed E-state index contributed by atoms with van der Waals surface area (Å²) in [5.41, 5.74) is 2.73. The van der Waals surface area contributed by atoms with Gasteiger partial charge in [-0.1, -0.05) is 29.8 Å². The molecule has 0 radical (unpaired) electrons. The van der Waals surface area contributed by atoms with Crippen LogP contribution in [0.25, 0.3) is 0 Å². The molecule has 6 heteroatoms. The Hall–Kier alpha value is -2.50. The van der Waals surface area contributed by atoms with Crippen molar-refractivity contribution >= 4 is 34.6 Å². The Kier molecular flexibility index (Phi) is 5.93. The zero-order valence-electron chi connectivity index (χ0n) is 13.5. The number of benzene rings is 1. The van der Waals surface area contributed by atoms with Crippen LogP contribution in [-0.4, -0.2) is 20.0 Å². The second-order valence-corrected chi connectivity index (χ2v) is 6.26. The summed E-state index contributed by atoms with van der Waals surface area (Å²) in [5, 5.41) is 4.50. The fourth-order valence-corrected chi connectivity index (χ4v) is 2.78. The van der Waals surface area contributed by atoms with E-state index in [-0.39, 0.29) is 0 Å². The summed E-state index contributed by atoms with van der Waals surface area (Å²) in [6, 6.07) is 19.2. The summed E-state index contributed by atoms with van der Waals surface area (Å²) < 4.78 is 0. The summed E-state index contributed by atoms with van der Waals surface area (Å²) in [5.74, 6) is 0. The summed E-state index contributed by atoms with van der Waals surface area (Å²) in [4.78, 5) is 10.8. The predicted molar refractivity (Wildman–Crippen MR) is 105 cm³/mol. The van der Waals surface area contributed by atoms with Gasteiger partial charge in [0.25, 0.3) is 0 Å². The number of anilines is 1. The number of nitrogens with one attached hydrogen (secondary N) is 1. The third-order valence-corrected chi connectivity index (χ3v) is 4.12. The van der Waals surface area contributed by atoms with Gasteiger partial charge in [-0.2, -0.15) is 0 Å². The number of hydrogen-bond donors (Lipinski definition) is 1. The molecule has 0 spiro atoms. The van der Waals surface area contributed by atoms with Gasteiger partial charge in [0.1, 0.15) is 0 Å². The SMILES string of the molecule is S=C(Nc1cccc(Cl)c1)N(Cc1ccccn1)Cc1ccccn1. The molecule has 25 heavy (non-hydrogen) atoms.